The Hall–Kier alpha value is -0.0800. The van der Waals surface area contributed by atoms with Crippen molar-refractivity contribution in [1.29, 1.82) is 0 Å². The third-order valence-electron chi connectivity index (χ3n) is 2.23. The van der Waals surface area contributed by atoms with Crippen LogP contribution in [-0.2, 0) is 0 Å². The van der Waals surface area contributed by atoms with Gasteiger partial charge >= 0.3 is 0 Å². The summed E-state index contributed by atoms with van der Waals surface area (Å²) in [5, 5.41) is 8.03. The monoisotopic (exact) mass is 155 g/mol. The van der Waals surface area contributed by atoms with Gasteiger partial charge in [-0.2, -0.15) is 0 Å². The molecule has 0 bridgehead atoms. The standard InChI is InChI=1S/C9H19N2/c1-3-4-5-9-7-10-8(2)6-11-9/h8-10H,3-7H2,1-2H3. The van der Waals surface area contributed by atoms with E-state index in [1.807, 2.05) is 0 Å². The van der Waals surface area contributed by atoms with E-state index in [2.05, 4.69) is 24.5 Å². The molecule has 1 rings (SSSR count). The maximum Gasteiger partial charge on any atom is 0.0371 e. The highest BCUT2D eigenvalue weighted by molar-refractivity contribution is 4.79. The molecule has 1 aliphatic rings. The van der Waals surface area contributed by atoms with E-state index >= 15 is 0 Å². The zero-order valence-electron chi connectivity index (χ0n) is 7.64. The van der Waals surface area contributed by atoms with Gasteiger partial charge in [0.15, 0.2) is 0 Å². The van der Waals surface area contributed by atoms with Crippen molar-refractivity contribution in [2.45, 2.75) is 45.2 Å². The summed E-state index contributed by atoms with van der Waals surface area (Å²) in [7, 11) is 0. The van der Waals surface area contributed by atoms with Gasteiger partial charge < -0.3 is 5.32 Å². The molecule has 2 heteroatoms. The van der Waals surface area contributed by atoms with Crippen LogP contribution in [0.1, 0.15) is 33.1 Å². The summed E-state index contributed by atoms with van der Waals surface area (Å²) in [5.41, 5.74) is 0. The van der Waals surface area contributed by atoms with Crippen molar-refractivity contribution in [3.05, 3.63) is 0 Å². The molecule has 0 aliphatic carbocycles. The predicted octanol–water partition coefficient (Wildman–Crippen LogP) is 1.14. The van der Waals surface area contributed by atoms with Gasteiger partial charge in [-0.25, -0.2) is 5.32 Å². The number of hydrogen-bond acceptors (Lipinski definition) is 1. The van der Waals surface area contributed by atoms with E-state index in [0.717, 1.165) is 13.1 Å². The Labute approximate surface area is 69.8 Å². The van der Waals surface area contributed by atoms with Crippen LogP contribution in [0.4, 0.5) is 0 Å². The van der Waals surface area contributed by atoms with Crippen LogP contribution < -0.4 is 10.6 Å². The van der Waals surface area contributed by atoms with Gasteiger partial charge in [0, 0.05) is 25.2 Å². The van der Waals surface area contributed by atoms with E-state index < -0.39 is 0 Å². The highest BCUT2D eigenvalue weighted by Crippen LogP contribution is 2.04. The molecular weight excluding hydrogens is 136 g/mol. The van der Waals surface area contributed by atoms with Crippen LogP contribution in [-0.4, -0.2) is 25.2 Å². The lowest BCUT2D eigenvalue weighted by atomic mass is 10.1. The van der Waals surface area contributed by atoms with Crippen molar-refractivity contribution in [2.24, 2.45) is 0 Å². The fourth-order valence-electron chi connectivity index (χ4n) is 1.41. The van der Waals surface area contributed by atoms with Gasteiger partial charge in [0.05, 0.1) is 0 Å². The quantitative estimate of drug-likeness (QED) is 0.650. The lowest BCUT2D eigenvalue weighted by Gasteiger charge is -2.27. The minimum absolute atomic E-state index is 0.603. The van der Waals surface area contributed by atoms with Crippen molar-refractivity contribution >= 4 is 0 Å². The molecule has 1 radical (unpaired) electrons. The smallest absolute Gasteiger partial charge is 0.0371 e. The zero-order chi connectivity index (χ0) is 8.10. The molecule has 1 heterocycles. The van der Waals surface area contributed by atoms with Gasteiger partial charge in [-0.15, -0.1) is 0 Å². The average molecular weight is 155 g/mol. The van der Waals surface area contributed by atoms with Crippen LogP contribution in [0, 0.1) is 0 Å². The molecule has 1 N–H and O–H groups in total. The summed E-state index contributed by atoms with van der Waals surface area (Å²) >= 11 is 0. The maximum absolute atomic E-state index is 4.59. The maximum atomic E-state index is 4.59. The van der Waals surface area contributed by atoms with Crippen LogP contribution in [0.5, 0.6) is 0 Å². The highest BCUT2D eigenvalue weighted by atomic mass is 15.1. The molecule has 0 spiro atoms. The normalized spacial score (nSPS) is 32.2. The Kier molecular flexibility index (Phi) is 3.87. The Balaban J connectivity index is 2.07. The van der Waals surface area contributed by atoms with Crippen LogP contribution in [0.25, 0.3) is 0 Å². The van der Waals surface area contributed by atoms with Crippen molar-refractivity contribution in [2.75, 3.05) is 13.1 Å². The van der Waals surface area contributed by atoms with Gasteiger partial charge in [0.25, 0.3) is 0 Å². The topological polar surface area (TPSA) is 26.1 Å². The van der Waals surface area contributed by atoms with Crippen LogP contribution in [0.3, 0.4) is 0 Å². The first-order chi connectivity index (χ1) is 5.33. The third kappa shape index (κ3) is 3.21. The van der Waals surface area contributed by atoms with E-state index in [9.17, 15) is 0 Å². The summed E-state index contributed by atoms with van der Waals surface area (Å²) in [6, 6.07) is 1.21. The van der Waals surface area contributed by atoms with Crippen LogP contribution >= 0.6 is 0 Å². The fourth-order valence-corrected chi connectivity index (χ4v) is 1.41. The predicted molar refractivity (Wildman–Crippen MR) is 47.8 cm³/mol. The number of hydrogen-bond donors (Lipinski definition) is 1. The molecule has 0 amide bonds. The number of unbranched alkanes of at least 4 members (excludes halogenated alkanes) is 1. The molecule has 0 aromatic rings. The second-order valence-corrected chi connectivity index (χ2v) is 3.47. The first-order valence-corrected chi connectivity index (χ1v) is 4.73. The summed E-state index contributed by atoms with van der Waals surface area (Å²) in [6.07, 6.45) is 3.89. The molecular formula is C9H19N2. The number of rotatable bonds is 3. The van der Waals surface area contributed by atoms with Gasteiger partial charge in [-0.3, -0.25) is 0 Å². The average Bonchev–Trinajstić information content (AvgIpc) is 2.04. The summed E-state index contributed by atoms with van der Waals surface area (Å²) in [6.45, 7) is 6.54. The van der Waals surface area contributed by atoms with Gasteiger partial charge in [-0.05, 0) is 13.3 Å². The van der Waals surface area contributed by atoms with E-state index in [0.29, 0.717) is 12.1 Å². The third-order valence-corrected chi connectivity index (χ3v) is 2.23. The van der Waals surface area contributed by atoms with Crippen molar-refractivity contribution in [1.82, 2.24) is 10.6 Å². The lowest BCUT2D eigenvalue weighted by Crippen LogP contribution is -2.49. The molecule has 1 saturated heterocycles. The van der Waals surface area contributed by atoms with E-state index in [1.54, 1.807) is 0 Å². The van der Waals surface area contributed by atoms with Gasteiger partial charge in [-0.1, -0.05) is 19.8 Å². The van der Waals surface area contributed by atoms with Crippen molar-refractivity contribution in [3.8, 4) is 0 Å². The molecule has 1 fully saturated rings. The van der Waals surface area contributed by atoms with Crippen LogP contribution in [0.2, 0.25) is 0 Å². The number of piperazine rings is 1. The molecule has 11 heavy (non-hydrogen) atoms. The first-order valence-electron chi connectivity index (χ1n) is 4.73. The Bertz CT molecular complexity index is 93.0. The van der Waals surface area contributed by atoms with Crippen molar-refractivity contribution < 1.29 is 0 Å². The molecule has 2 atom stereocenters. The Morgan fingerprint density at radius 1 is 1.55 bits per heavy atom. The minimum atomic E-state index is 0.603. The lowest BCUT2D eigenvalue weighted by molar-refractivity contribution is 0.335. The van der Waals surface area contributed by atoms with E-state index in [-0.39, 0.29) is 0 Å². The molecule has 0 saturated carbocycles. The first kappa shape index (κ1) is 9.01. The van der Waals surface area contributed by atoms with E-state index in [1.165, 1.54) is 19.3 Å². The van der Waals surface area contributed by atoms with Crippen molar-refractivity contribution in [3.63, 3.8) is 0 Å². The Morgan fingerprint density at radius 3 is 2.91 bits per heavy atom. The molecule has 2 unspecified atom stereocenters. The second kappa shape index (κ2) is 4.73. The Morgan fingerprint density at radius 2 is 2.36 bits per heavy atom. The summed E-state index contributed by atoms with van der Waals surface area (Å²) in [4.78, 5) is 0. The minimum Gasteiger partial charge on any atom is -0.311 e. The second-order valence-electron chi connectivity index (χ2n) is 3.47. The molecule has 1 aliphatic heterocycles. The SMILES string of the molecule is CCCCC1CNC(C)C[N]1. The van der Waals surface area contributed by atoms with Gasteiger partial charge in [0.1, 0.15) is 0 Å². The van der Waals surface area contributed by atoms with Gasteiger partial charge in [0.2, 0.25) is 0 Å². The fraction of sp³-hybridized carbons (Fsp3) is 1.00. The molecule has 0 aromatic carbocycles. The van der Waals surface area contributed by atoms with E-state index in [4.69, 9.17) is 0 Å². The highest BCUT2D eigenvalue weighted by Gasteiger charge is 2.16. The van der Waals surface area contributed by atoms with Crippen LogP contribution in [0.15, 0.2) is 0 Å². The zero-order valence-corrected chi connectivity index (χ0v) is 7.64. The summed E-state index contributed by atoms with van der Waals surface area (Å²) < 4.78 is 0. The molecule has 0 aromatic heterocycles. The number of nitrogens with zero attached hydrogens (tertiary/aromatic N) is 1. The number of nitrogens with one attached hydrogen (secondary N) is 1. The molecule has 65 valence electrons. The summed E-state index contributed by atoms with van der Waals surface area (Å²) in [5.74, 6) is 0. The largest absolute Gasteiger partial charge is 0.311 e. The molecule has 2 nitrogen and oxygen atoms in total.